The van der Waals surface area contributed by atoms with Crippen molar-refractivity contribution in [2.24, 2.45) is 5.92 Å². The molecule has 0 fully saturated rings. The van der Waals surface area contributed by atoms with Gasteiger partial charge in [0.1, 0.15) is 18.9 Å². The Morgan fingerprint density at radius 1 is 0.900 bits per heavy atom. The molecule has 0 amide bonds. The molecule has 2 atom stereocenters. The van der Waals surface area contributed by atoms with E-state index in [-0.39, 0.29) is 24.9 Å². The maximum absolute atomic E-state index is 12.0. The summed E-state index contributed by atoms with van der Waals surface area (Å²) in [6, 6.07) is 0. The van der Waals surface area contributed by atoms with E-state index >= 15 is 0 Å². The van der Waals surface area contributed by atoms with Gasteiger partial charge in [0.05, 0.1) is 20.7 Å². The number of Topliss-reactive ketones (excluding diaryl/α,β-unsaturated/α-hetero) is 1. The number of carbonyl (C=O) groups excluding carboxylic acids is 1. The first-order chi connectivity index (χ1) is 14.3. The first-order valence-electron chi connectivity index (χ1n) is 12.2. The molecule has 0 radical (unpaired) electrons. The van der Waals surface area contributed by atoms with E-state index in [0.29, 0.717) is 13.0 Å². The van der Waals surface area contributed by atoms with Gasteiger partial charge in [-0.3, -0.25) is 9.05 Å². The lowest BCUT2D eigenvalue weighted by atomic mass is 9.96. The molecule has 0 aliphatic carbocycles. The van der Waals surface area contributed by atoms with Crippen molar-refractivity contribution in [2.75, 3.05) is 33.9 Å². The molecule has 0 aromatic heterocycles. The fourth-order valence-electron chi connectivity index (χ4n) is 3.53. The number of ketones is 1. The molecule has 0 aliphatic heterocycles. The van der Waals surface area contributed by atoms with Gasteiger partial charge >= 0.3 is 7.82 Å². The summed E-state index contributed by atoms with van der Waals surface area (Å²) >= 11 is 0. The monoisotopic (exact) mass is 450 g/mol. The van der Waals surface area contributed by atoms with Crippen molar-refractivity contribution >= 4 is 13.6 Å². The Balaban J connectivity index is 3.87. The zero-order valence-corrected chi connectivity index (χ0v) is 21.0. The molecule has 0 saturated carbocycles. The smallest absolute Gasteiger partial charge is 0.338 e. The molecule has 7 heteroatoms. The summed E-state index contributed by atoms with van der Waals surface area (Å²) < 4.78 is 22.1. The lowest BCUT2D eigenvalue weighted by Crippen LogP contribution is -3.06. The van der Waals surface area contributed by atoms with Crippen LogP contribution in [-0.2, 0) is 18.4 Å². The van der Waals surface area contributed by atoms with E-state index < -0.39 is 7.82 Å². The Morgan fingerprint density at radius 3 is 1.87 bits per heavy atom. The Kier molecular flexibility index (Phi) is 19.3. The number of likely N-dealkylation sites (N-methyl/N-ethyl adjacent to an activating group) is 1. The summed E-state index contributed by atoms with van der Waals surface area (Å²) in [5.74, 6) is 0.0709. The van der Waals surface area contributed by atoms with Crippen LogP contribution >= 0.6 is 7.82 Å². The Morgan fingerprint density at radius 2 is 1.40 bits per heavy atom. The second-order valence-corrected chi connectivity index (χ2v) is 10.5. The number of rotatable bonds is 22. The summed E-state index contributed by atoms with van der Waals surface area (Å²) in [7, 11) is -0.144. The van der Waals surface area contributed by atoms with Crippen LogP contribution in [0, 0.1) is 5.92 Å². The maximum atomic E-state index is 12.0. The van der Waals surface area contributed by atoms with Crippen LogP contribution in [0.5, 0.6) is 0 Å². The third-order valence-electron chi connectivity index (χ3n) is 5.37. The number of hydrogen-bond acceptors (Lipinski definition) is 4. The van der Waals surface area contributed by atoms with Crippen LogP contribution in [0.4, 0.5) is 0 Å². The molecule has 0 rings (SSSR count). The molecular weight excluding hydrogens is 401 g/mol. The van der Waals surface area contributed by atoms with Crippen LogP contribution in [0.15, 0.2) is 0 Å². The standard InChI is InChI=1S/C23H48NO5P/c1-5-6-7-8-9-10-11-12-13-14-15-16-17-23(20-22(2)25)21-29-30(26,27)28-19-18-24(3)4/h23H,5-21H2,1-4H3,(H,26,27)/p+1. The molecule has 0 aromatic carbocycles. The van der Waals surface area contributed by atoms with Gasteiger partial charge in [-0.2, -0.15) is 0 Å². The highest BCUT2D eigenvalue weighted by Crippen LogP contribution is 2.43. The summed E-state index contributed by atoms with van der Waals surface area (Å²) in [5.41, 5.74) is 0. The molecule has 0 heterocycles. The van der Waals surface area contributed by atoms with Crippen molar-refractivity contribution in [3.05, 3.63) is 0 Å². The average Bonchev–Trinajstić information content (AvgIpc) is 2.66. The quantitative estimate of drug-likeness (QED) is 0.180. The largest absolute Gasteiger partial charge is 0.472 e. The summed E-state index contributed by atoms with van der Waals surface area (Å²) in [6.07, 6.45) is 16.7. The zero-order chi connectivity index (χ0) is 22.7. The van der Waals surface area contributed by atoms with Crippen molar-refractivity contribution in [1.82, 2.24) is 0 Å². The number of phosphoric acid groups is 1. The van der Waals surface area contributed by atoms with Gasteiger partial charge in [-0.25, -0.2) is 4.57 Å². The molecule has 6 nitrogen and oxygen atoms in total. The second-order valence-electron chi connectivity index (χ2n) is 9.00. The first kappa shape index (κ1) is 29.7. The predicted octanol–water partition coefficient (Wildman–Crippen LogP) is 4.95. The highest BCUT2D eigenvalue weighted by molar-refractivity contribution is 7.47. The van der Waals surface area contributed by atoms with Crippen LogP contribution in [0.25, 0.3) is 0 Å². The summed E-state index contributed by atoms with van der Waals surface area (Å²) in [4.78, 5) is 22.5. The van der Waals surface area contributed by atoms with E-state index in [4.69, 9.17) is 9.05 Å². The zero-order valence-electron chi connectivity index (χ0n) is 20.1. The number of nitrogens with one attached hydrogen (secondary N) is 1. The number of quaternary nitrogens is 1. The first-order valence-corrected chi connectivity index (χ1v) is 13.7. The van der Waals surface area contributed by atoms with Crippen molar-refractivity contribution in [1.29, 1.82) is 0 Å². The molecule has 180 valence electrons. The third kappa shape index (κ3) is 21.0. The van der Waals surface area contributed by atoms with E-state index in [1.54, 1.807) is 6.92 Å². The Hall–Kier alpha value is -0.260. The van der Waals surface area contributed by atoms with Gasteiger partial charge in [-0.15, -0.1) is 0 Å². The molecule has 0 spiro atoms. The number of hydrogen-bond donors (Lipinski definition) is 2. The van der Waals surface area contributed by atoms with Crippen molar-refractivity contribution < 1.29 is 28.2 Å². The normalized spacial score (nSPS) is 14.7. The lowest BCUT2D eigenvalue weighted by Gasteiger charge is -2.18. The minimum Gasteiger partial charge on any atom is -0.338 e. The van der Waals surface area contributed by atoms with Crippen LogP contribution in [-0.4, -0.2) is 44.5 Å². The molecule has 0 saturated heterocycles. The van der Waals surface area contributed by atoms with E-state index in [1.165, 1.54) is 64.2 Å². The van der Waals surface area contributed by atoms with Crippen molar-refractivity contribution in [3.8, 4) is 0 Å². The predicted molar refractivity (Wildman–Crippen MR) is 124 cm³/mol. The molecule has 2 N–H and O–H groups in total. The highest BCUT2D eigenvalue weighted by Gasteiger charge is 2.24. The van der Waals surface area contributed by atoms with E-state index in [9.17, 15) is 14.3 Å². The molecule has 30 heavy (non-hydrogen) atoms. The van der Waals surface area contributed by atoms with E-state index in [0.717, 1.165) is 24.2 Å². The Bertz CT molecular complexity index is 459. The minimum absolute atomic E-state index is 0.0193. The van der Waals surface area contributed by atoms with E-state index in [2.05, 4.69) is 6.92 Å². The number of carbonyl (C=O) groups is 1. The lowest BCUT2D eigenvalue weighted by molar-refractivity contribution is -0.858. The summed E-state index contributed by atoms with van der Waals surface area (Å²) in [6.45, 7) is 4.71. The molecule has 0 aromatic rings. The van der Waals surface area contributed by atoms with Crippen molar-refractivity contribution in [3.63, 3.8) is 0 Å². The Labute approximate surface area is 185 Å². The van der Waals surface area contributed by atoms with Crippen molar-refractivity contribution in [2.45, 2.75) is 104 Å². The van der Waals surface area contributed by atoms with Gasteiger partial charge in [0.2, 0.25) is 0 Å². The third-order valence-corrected chi connectivity index (χ3v) is 6.36. The second kappa shape index (κ2) is 19.4. The van der Waals surface area contributed by atoms with Crippen LogP contribution in [0.1, 0.15) is 104 Å². The molecule has 2 unspecified atom stereocenters. The van der Waals surface area contributed by atoms with Gasteiger partial charge in [0.15, 0.2) is 0 Å². The molecule has 0 bridgehead atoms. The van der Waals surface area contributed by atoms with Gasteiger partial charge < -0.3 is 14.6 Å². The minimum atomic E-state index is -4.04. The topological polar surface area (TPSA) is 77.3 Å². The SMILES string of the molecule is CCCCCCCCCCCCCCC(COP(=O)(O)OCC[NH+](C)C)CC(C)=O. The molecule has 0 aliphatic rings. The van der Waals surface area contributed by atoms with Gasteiger partial charge in [0, 0.05) is 6.42 Å². The van der Waals surface area contributed by atoms with Crippen LogP contribution in [0.2, 0.25) is 0 Å². The van der Waals surface area contributed by atoms with Crippen LogP contribution in [0.3, 0.4) is 0 Å². The highest BCUT2D eigenvalue weighted by atomic mass is 31.2. The maximum Gasteiger partial charge on any atom is 0.472 e. The molecular formula is C23H49NO5P+. The van der Waals surface area contributed by atoms with Crippen LogP contribution < -0.4 is 4.90 Å². The fourth-order valence-corrected chi connectivity index (χ4v) is 4.32. The summed E-state index contributed by atoms with van der Waals surface area (Å²) in [5, 5.41) is 0. The average molecular weight is 451 g/mol. The van der Waals surface area contributed by atoms with Gasteiger partial charge in [-0.05, 0) is 19.3 Å². The van der Waals surface area contributed by atoms with Gasteiger partial charge in [-0.1, -0.05) is 84.0 Å². The number of unbranched alkanes of at least 4 members (excludes halogenated alkanes) is 11. The number of phosphoric ester groups is 1. The van der Waals surface area contributed by atoms with Gasteiger partial charge in [0.25, 0.3) is 0 Å². The fraction of sp³-hybridized carbons (Fsp3) is 0.957. The van der Waals surface area contributed by atoms with E-state index in [1.807, 2.05) is 14.1 Å².